The van der Waals surface area contributed by atoms with Gasteiger partial charge in [0.1, 0.15) is 5.51 Å². The second kappa shape index (κ2) is 7.14. The largest absolute Gasteiger partial charge is 0.301 e. The molecular formula is C16H21N5OS. The lowest BCUT2D eigenvalue weighted by atomic mass is 10.0. The van der Waals surface area contributed by atoms with Crippen molar-refractivity contribution in [3.05, 3.63) is 34.6 Å². The number of hydrogen-bond donors (Lipinski definition) is 1. The van der Waals surface area contributed by atoms with Crippen LogP contribution in [0.4, 0.5) is 5.13 Å². The highest BCUT2D eigenvalue weighted by Gasteiger charge is 2.24. The summed E-state index contributed by atoms with van der Waals surface area (Å²) in [5.74, 6) is -0.0317. The second-order valence-corrected chi connectivity index (χ2v) is 6.81. The van der Waals surface area contributed by atoms with E-state index in [1.807, 2.05) is 6.92 Å². The zero-order valence-corrected chi connectivity index (χ0v) is 14.3. The molecule has 2 aromatic rings. The van der Waals surface area contributed by atoms with Crippen LogP contribution in [0.1, 0.15) is 42.3 Å². The Morgan fingerprint density at radius 2 is 2.35 bits per heavy atom. The zero-order chi connectivity index (χ0) is 16.2. The van der Waals surface area contributed by atoms with Gasteiger partial charge in [-0.1, -0.05) is 11.3 Å². The summed E-state index contributed by atoms with van der Waals surface area (Å²) >= 11 is 1.33. The third-order valence-electron chi connectivity index (χ3n) is 4.14. The number of nitrogens with one attached hydrogen (secondary N) is 1. The summed E-state index contributed by atoms with van der Waals surface area (Å²) in [6, 6.07) is 4.62. The standard InChI is InChI=1S/C16H21N5OS/c1-11-8-12(5-6-15(22)19-16-20-17-10-23-16)9-13(18-11)14-4-3-7-21(14)2/h8-10,14H,3-7H2,1-2H3,(H,19,20,22)/t14-/m0/s1. The first-order valence-corrected chi connectivity index (χ1v) is 8.73. The molecule has 122 valence electrons. The molecule has 1 N–H and O–H groups in total. The van der Waals surface area contributed by atoms with Gasteiger partial charge in [-0.15, -0.1) is 10.2 Å². The number of anilines is 1. The fourth-order valence-electron chi connectivity index (χ4n) is 3.03. The van der Waals surface area contributed by atoms with E-state index in [9.17, 15) is 4.79 Å². The Kier molecular flexibility index (Phi) is 4.97. The van der Waals surface area contributed by atoms with Crippen molar-refractivity contribution in [2.45, 2.75) is 38.6 Å². The molecule has 0 saturated carbocycles. The van der Waals surface area contributed by atoms with E-state index in [2.05, 4.69) is 39.6 Å². The first-order chi connectivity index (χ1) is 11.1. The van der Waals surface area contributed by atoms with Crippen molar-refractivity contribution in [3.63, 3.8) is 0 Å². The molecule has 0 unspecified atom stereocenters. The van der Waals surface area contributed by atoms with Crippen molar-refractivity contribution in [1.82, 2.24) is 20.1 Å². The summed E-state index contributed by atoms with van der Waals surface area (Å²) in [6.07, 6.45) is 3.51. The zero-order valence-electron chi connectivity index (χ0n) is 13.5. The van der Waals surface area contributed by atoms with Crippen LogP contribution in [-0.4, -0.2) is 39.6 Å². The molecule has 1 atom stereocenters. The molecule has 0 bridgehead atoms. The van der Waals surface area contributed by atoms with Crippen LogP contribution in [0.3, 0.4) is 0 Å². The Morgan fingerprint density at radius 3 is 3.04 bits per heavy atom. The number of rotatable bonds is 5. The number of pyridine rings is 1. The molecule has 0 aromatic carbocycles. The van der Waals surface area contributed by atoms with Gasteiger partial charge in [0.05, 0.1) is 11.7 Å². The van der Waals surface area contributed by atoms with Crippen LogP contribution in [0.15, 0.2) is 17.6 Å². The lowest BCUT2D eigenvalue weighted by molar-refractivity contribution is -0.116. The molecule has 1 aliphatic rings. The van der Waals surface area contributed by atoms with E-state index >= 15 is 0 Å². The SMILES string of the molecule is Cc1cc(CCC(=O)Nc2nncs2)cc([C@@H]2CCCN2C)n1. The molecular weight excluding hydrogens is 310 g/mol. The first-order valence-electron chi connectivity index (χ1n) is 7.85. The minimum atomic E-state index is -0.0317. The summed E-state index contributed by atoms with van der Waals surface area (Å²) in [6.45, 7) is 3.14. The molecule has 2 aromatic heterocycles. The van der Waals surface area contributed by atoms with E-state index in [0.29, 0.717) is 24.0 Å². The van der Waals surface area contributed by atoms with Gasteiger partial charge in [0.2, 0.25) is 11.0 Å². The van der Waals surface area contributed by atoms with Gasteiger partial charge in [-0.3, -0.25) is 14.7 Å². The van der Waals surface area contributed by atoms with Crippen LogP contribution in [0.2, 0.25) is 0 Å². The van der Waals surface area contributed by atoms with Gasteiger partial charge in [-0.25, -0.2) is 0 Å². The van der Waals surface area contributed by atoms with Crippen LogP contribution in [0, 0.1) is 6.92 Å². The highest BCUT2D eigenvalue weighted by atomic mass is 32.1. The molecule has 1 fully saturated rings. The second-order valence-electron chi connectivity index (χ2n) is 5.97. The molecule has 3 rings (SSSR count). The van der Waals surface area contributed by atoms with Gasteiger partial charge in [0, 0.05) is 12.1 Å². The van der Waals surface area contributed by atoms with Crippen molar-refractivity contribution in [1.29, 1.82) is 0 Å². The summed E-state index contributed by atoms with van der Waals surface area (Å²) < 4.78 is 0. The number of amides is 1. The van der Waals surface area contributed by atoms with Crippen molar-refractivity contribution in [2.24, 2.45) is 0 Å². The normalized spacial score (nSPS) is 18.3. The molecule has 6 nitrogen and oxygen atoms in total. The van der Waals surface area contributed by atoms with Gasteiger partial charge in [-0.05, 0) is 57.5 Å². The number of aryl methyl sites for hydroxylation is 2. The third-order valence-corrected chi connectivity index (χ3v) is 4.75. The maximum Gasteiger partial charge on any atom is 0.226 e. The number of carbonyl (C=O) groups excluding carboxylic acids is 1. The van der Waals surface area contributed by atoms with Gasteiger partial charge in [0.25, 0.3) is 0 Å². The topological polar surface area (TPSA) is 71.0 Å². The molecule has 0 radical (unpaired) electrons. The Labute approximate surface area is 140 Å². The Bertz CT molecular complexity index is 673. The quantitative estimate of drug-likeness (QED) is 0.912. The number of nitrogens with zero attached hydrogens (tertiary/aromatic N) is 4. The van der Waals surface area contributed by atoms with E-state index in [1.54, 1.807) is 5.51 Å². The van der Waals surface area contributed by atoms with E-state index in [4.69, 9.17) is 4.98 Å². The summed E-state index contributed by atoms with van der Waals surface area (Å²) in [4.78, 5) is 19.0. The van der Waals surface area contributed by atoms with Crippen LogP contribution in [0.25, 0.3) is 0 Å². The molecule has 0 spiro atoms. The van der Waals surface area contributed by atoms with E-state index in [-0.39, 0.29) is 5.91 Å². The molecule has 0 aliphatic carbocycles. The highest BCUT2D eigenvalue weighted by Crippen LogP contribution is 2.29. The maximum atomic E-state index is 12.0. The van der Waals surface area contributed by atoms with Gasteiger partial charge in [-0.2, -0.15) is 0 Å². The summed E-state index contributed by atoms with van der Waals surface area (Å²) in [7, 11) is 2.15. The maximum absolute atomic E-state index is 12.0. The van der Waals surface area contributed by atoms with E-state index in [0.717, 1.165) is 24.4 Å². The lowest BCUT2D eigenvalue weighted by Crippen LogP contribution is -2.19. The number of hydrogen-bond acceptors (Lipinski definition) is 6. The van der Waals surface area contributed by atoms with Crippen molar-refractivity contribution >= 4 is 22.4 Å². The van der Waals surface area contributed by atoms with Crippen LogP contribution in [-0.2, 0) is 11.2 Å². The Hall–Kier alpha value is -1.86. The smallest absolute Gasteiger partial charge is 0.226 e. The Balaban J connectivity index is 1.63. The monoisotopic (exact) mass is 331 g/mol. The van der Waals surface area contributed by atoms with E-state index < -0.39 is 0 Å². The molecule has 1 aliphatic heterocycles. The highest BCUT2D eigenvalue weighted by molar-refractivity contribution is 7.13. The van der Waals surface area contributed by atoms with Gasteiger partial charge in [0.15, 0.2) is 0 Å². The minimum Gasteiger partial charge on any atom is -0.301 e. The average molecular weight is 331 g/mol. The molecule has 1 amide bonds. The average Bonchev–Trinajstić information content (AvgIpc) is 3.16. The minimum absolute atomic E-state index is 0.0317. The molecule has 1 saturated heterocycles. The summed E-state index contributed by atoms with van der Waals surface area (Å²) in [5.41, 5.74) is 4.92. The lowest BCUT2D eigenvalue weighted by Gasteiger charge is -2.20. The third kappa shape index (κ3) is 4.11. The molecule has 7 heteroatoms. The number of likely N-dealkylation sites (tertiary alicyclic amines) is 1. The first kappa shape index (κ1) is 16.0. The fraction of sp³-hybridized carbons (Fsp3) is 0.500. The fourth-order valence-corrected chi connectivity index (χ4v) is 3.50. The Morgan fingerprint density at radius 1 is 1.48 bits per heavy atom. The van der Waals surface area contributed by atoms with Crippen LogP contribution < -0.4 is 5.32 Å². The van der Waals surface area contributed by atoms with E-state index in [1.165, 1.54) is 23.3 Å². The number of aromatic nitrogens is 3. The van der Waals surface area contributed by atoms with Crippen molar-refractivity contribution < 1.29 is 4.79 Å². The summed E-state index contributed by atoms with van der Waals surface area (Å²) in [5, 5.41) is 10.8. The molecule has 3 heterocycles. The van der Waals surface area contributed by atoms with Crippen molar-refractivity contribution in [3.8, 4) is 0 Å². The van der Waals surface area contributed by atoms with Gasteiger partial charge >= 0.3 is 0 Å². The predicted molar refractivity (Wildman–Crippen MR) is 90.4 cm³/mol. The van der Waals surface area contributed by atoms with Gasteiger partial charge < -0.3 is 5.32 Å². The van der Waals surface area contributed by atoms with Crippen molar-refractivity contribution in [2.75, 3.05) is 18.9 Å². The predicted octanol–water partition coefficient (Wildman–Crippen LogP) is 2.58. The van der Waals surface area contributed by atoms with Crippen LogP contribution >= 0.6 is 11.3 Å². The van der Waals surface area contributed by atoms with Crippen LogP contribution in [0.5, 0.6) is 0 Å². The molecule has 23 heavy (non-hydrogen) atoms. The number of carbonyl (C=O) groups is 1.